The zero-order valence-electron chi connectivity index (χ0n) is 17.9. The number of benzene rings is 1. The molecule has 0 amide bonds. The highest BCUT2D eigenvalue weighted by atomic mass is 32.2. The van der Waals surface area contributed by atoms with Gasteiger partial charge in [0.15, 0.2) is 0 Å². The average molecular weight is 424 g/mol. The zero-order valence-corrected chi connectivity index (χ0v) is 18.7. The Bertz CT molecular complexity index is 689. The molecule has 1 fully saturated rings. The number of rotatable bonds is 13. The number of nitrogens with zero attached hydrogens (tertiary/aromatic N) is 2. The van der Waals surface area contributed by atoms with Crippen molar-refractivity contribution >= 4 is 10.2 Å². The van der Waals surface area contributed by atoms with E-state index in [1.165, 1.54) is 4.31 Å². The monoisotopic (exact) mass is 423 g/mol. The fraction of sp³-hybridized carbons (Fsp3) is 0.636. The van der Waals surface area contributed by atoms with Crippen molar-refractivity contribution in [3.05, 3.63) is 48.6 Å². The first-order valence-electron chi connectivity index (χ1n) is 10.6. The molecule has 0 radical (unpaired) electrons. The van der Waals surface area contributed by atoms with Crippen molar-refractivity contribution in [2.75, 3.05) is 33.8 Å². The summed E-state index contributed by atoms with van der Waals surface area (Å²) in [5.41, 5.74) is 0.956. The minimum atomic E-state index is -3.48. The summed E-state index contributed by atoms with van der Waals surface area (Å²) in [6.07, 6.45) is 7.87. The molecule has 1 aliphatic rings. The first kappa shape index (κ1) is 24.0. The van der Waals surface area contributed by atoms with E-state index in [4.69, 9.17) is 4.74 Å². The fourth-order valence-electron chi connectivity index (χ4n) is 3.69. The largest absolute Gasteiger partial charge is 0.378 e. The number of ether oxygens (including phenoxy) is 1. The Morgan fingerprint density at radius 2 is 1.83 bits per heavy atom. The van der Waals surface area contributed by atoms with Crippen LogP contribution < -0.4 is 4.72 Å². The second-order valence-electron chi connectivity index (χ2n) is 7.89. The average Bonchev–Trinajstić information content (AvgIpc) is 2.73. The van der Waals surface area contributed by atoms with Gasteiger partial charge < -0.3 is 9.64 Å². The standard InChI is InChI=1S/C22H37N3O3S/c1-4-16-24(2)17-8-9-18-28-22-14-12-21(13-15-22)25(3)29(26,27)23-19-20-10-6-5-7-11-20/h4-7,10-11,21-23H,1,8-9,12-19H2,2-3H3. The summed E-state index contributed by atoms with van der Waals surface area (Å²) in [6.45, 7) is 6.82. The summed E-state index contributed by atoms with van der Waals surface area (Å²) in [4.78, 5) is 2.25. The van der Waals surface area contributed by atoms with Gasteiger partial charge in [0, 0.05) is 32.8 Å². The first-order valence-corrected chi connectivity index (χ1v) is 12.0. The van der Waals surface area contributed by atoms with Crippen molar-refractivity contribution in [1.82, 2.24) is 13.9 Å². The molecule has 7 heteroatoms. The number of hydrogen-bond donors (Lipinski definition) is 1. The van der Waals surface area contributed by atoms with E-state index < -0.39 is 10.2 Å². The quantitative estimate of drug-likeness (QED) is 0.391. The van der Waals surface area contributed by atoms with Crippen LogP contribution in [0.1, 0.15) is 44.1 Å². The molecule has 164 valence electrons. The summed E-state index contributed by atoms with van der Waals surface area (Å²) in [5, 5.41) is 0. The van der Waals surface area contributed by atoms with Gasteiger partial charge in [0.05, 0.1) is 6.10 Å². The Morgan fingerprint density at radius 1 is 1.14 bits per heavy atom. The number of likely N-dealkylation sites (N-methyl/N-ethyl adjacent to an activating group) is 1. The van der Waals surface area contributed by atoms with Gasteiger partial charge in [-0.3, -0.25) is 0 Å². The normalized spacial score (nSPS) is 20.3. The Labute approximate surface area is 177 Å². The molecule has 0 saturated heterocycles. The van der Waals surface area contributed by atoms with Gasteiger partial charge in [0.2, 0.25) is 0 Å². The summed E-state index contributed by atoms with van der Waals surface area (Å²) in [5.74, 6) is 0. The van der Waals surface area contributed by atoms with E-state index in [2.05, 4.69) is 23.2 Å². The summed E-state index contributed by atoms with van der Waals surface area (Å²) in [6, 6.07) is 9.62. The minimum Gasteiger partial charge on any atom is -0.378 e. The van der Waals surface area contributed by atoms with Crippen LogP contribution in [0.15, 0.2) is 43.0 Å². The molecule has 0 heterocycles. The second kappa shape index (κ2) is 12.4. The van der Waals surface area contributed by atoms with Gasteiger partial charge in [-0.05, 0) is 57.7 Å². The van der Waals surface area contributed by atoms with Crippen molar-refractivity contribution in [2.24, 2.45) is 0 Å². The molecule has 0 bridgehead atoms. The second-order valence-corrected chi connectivity index (χ2v) is 9.70. The predicted molar refractivity (Wildman–Crippen MR) is 119 cm³/mol. The van der Waals surface area contributed by atoms with Crippen LogP contribution >= 0.6 is 0 Å². The fourth-order valence-corrected chi connectivity index (χ4v) is 4.85. The van der Waals surface area contributed by atoms with Crippen LogP contribution in [-0.4, -0.2) is 63.6 Å². The smallest absolute Gasteiger partial charge is 0.279 e. The molecule has 2 rings (SSSR count). The first-order chi connectivity index (χ1) is 13.9. The molecule has 0 unspecified atom stereocenters. The topological polar surface area (TPSA) is 61.9 Å². The van der Waals surface area contributed by atoms with Gasteiger partial charge in [-0.25, -0.2) is 0 Å². The van der Waals surface area contributed by atoms with Crippen LogP contribution in [0.5, 0.6) is 0 Å². The molecule has 1 aromatic rings. The molecule has 0 spiro atoms. The highest BCUT2D eigenvalue weighted by Crippen LogP contribution is 2.26. The Morgan fingerprint density at radius 3 is 2.48 bits per heavy atom. The lowest BCUT2D eigenvalue weighted by molar-refractivity contribution is 0.0152. The van der Waals surface area contributed by atoms with Crippen LogP contribution in [0, 0.1) is 0 Å². The molecule has 1 N–H and O–H groups in total. The molecule has 1 aromatic carbocycles. The third-order valence-corrected chi connectivity index (χ3v) is 7.13. The Kier molecular flexibility index (Phi) is 10.3. The number of unbranched alkanes of at least 4 members (excludes halogenated alkanes) is 1. The van der Waals surface area contributed by atoms with E-state index >= 15 is 0 Å². The molecule has 6 nitrogen and oxygen atoms in total. The van der Waals surface area contributed by atoms with Crippen molar-refractivity contribution in [1.29, 1.82) is 0 Å². The van der Waals surface area contributed by atoms with E-state index in [9.17, 15) is 8.42 Å². The van der Waals surface area contributed by atoms with E-state index in [-0.39, 0.29) is 12.1 Å². The lowest BCUT2D eigenvalue weighted by atomic mass is 9.93. The van der Waals surface area contributed by atoms with Crippen LogP contribution in [-0.2, 0) is 21.5 Å². The van der Waals surface area contributed by atoms with Crippen LogP contribution in [0.4, 0.5) is 0 Å². The Hall–Kier alpha value is -1.25. The van der Waals surface area contributed by atoms with E-state index in [0.717, 1.165) is 63.8 Å². The number of hydrogen-bond acceptors (Lipinski definition) is 4. The van der Waals surface area contributed by atoms with Crippen molar-refractivity contribution in [3.63, 3.8) is 0 Å². The SMILES string of the molecule is C=CCN(C)CCCCOC1CCC(N(C)S(=O)(=O)NCc2ccccc2)CC1. The predicted octanol–water partition coefficient (Wildman–Crippen LogP) is 3.18. The van der Waals surface area contributed by atoms with Gasteiger partial charge in [0.25, 0.3) is 10.2 Å². The van der Waals surface area contributed by atoms with Crippen molar-refractivity contribution in [2.45, 2.75) is 57.2 Å². The minimum absolute atomic E-state index is 0.0377. The highest BCUT2D eigenvalue weighted by molar-refractivity contribution is 7.87. The maximum atomic E-state index is 12.6. The lowest BCUT2D eigenvalue weighted by Crippen LogP contribution is -2.45. The van der Waals surface area contributed by atoms with Crippen molar-refractivity contribution < 1.29 is 13.2 Å². The third-order valence-electron chi connectivity index (χ3n) is 5.57. The van der Waals surface area contributed by atoms with E-state index in [1.807, 2.05) is 36.4 Å². The van der Waals surface area contributed by atoms with Crippen molar-refractivity contribution in [3.8, 4) is 0 Å². The van der Waals surface area contributed by atoms with Gasteiger partial charge in [0.1, 0.15) is 0 Å². The molecule has 1 aliphatic carbocycles. The molecule has 1 saturated carbocycles. The summed E-state index contributed by atoms with van der Waals surface area (Å²) < 4.78 is 35.4. The summed E-state index contributed by atoms with van der Waals surface area (Å²) in [7, 11) is 0.298. The molecule has 0 atom stereocenters. The number of nitrogens with one attached hydrogen (secondary N) is 1. The van der Waals surface area contributed by atoms with Crippen LogP contribution in [0.25, 0.3) is 0 Å². The van der Waals surface area contributed by atoms with Gasteiger partial charge in [-0.1, -0.05) is 36.4 Å². The van der Waals surface area contributed by atoms with E-state index in [1.54, 1.807) is 7.05 Å². The van der Waals surface area contributed by atoms with Gasteiger partial charge in [-0.15, -0.1) is 6.58 Å². The third kappa shape index (κ3) is 8.56. The maximum Gasteiger partial charge on any atom is 0.279 e. The van der Waals surface area contributed by atoms with Gasteiger partial charge in [-0.2, -0.15) is 17.4 Å². The lowest BCUT2D eigenvalue weighted by Gasteiger charge is -2.34. The zero-order chi connectivity index (χ0) is 21.1. The highest BCUT2D eigenvalue weighted by Gasteiger charge is 2.30. The molecular formula is C22H37N3O3S. The maximum absolute atomic E-state index is 12.6. The molecule has 0 aromatic heterocycles. The van der Waals surface area contributed by atoms with Gasteiger partial charge >= 0.3 is 0 Å². The summed E-state index contributed by atoms with van der Waals surface area (Å²) >= 11 is 0. The van der Waals surface area contributed by atoms with E-state index in [0.29, 0.717) is 6.54 Å². The molecule has 0 aliphatic heterocycles. The molecular weight excluding hydrogens is 386 g/mol. The molecule has 29 heavy (non-hydrogen) atoms. The van der Waals surface area contributed by atoms with Crippen LogP contribution in [0.3, 0.4) is 0 Å². The van der Waals surface area contributed by atoms with Crippen LogP contribution in [0.2, 0.25) is 0 Å². The Balaban J connectivity index is 1.65.